The van der Waals surface area contributed by atoms with Crippen LogP contribution in [0.25, 0.3) is 0 Å². The summed E-state index contributed by atoms with van der Waals surface area (Å²) in [7, 11) is 0. The van der Waals surface area contributed by atoms with Crippen LogP contribution < -0.4 is 11.1 Å². The monoisotopic (exact) mass is 464 g/mol. The smallest absolute Gasteiger partial charge is 0.257 e. The summed E-state index contributed by atoms with van der Waals surface area (Å²) in [6.45, 7) is 2.38. The van der Waals surface area contributed by atoms with Crippen LogP contribution >= 0.6 is 0 Å². The number of nitrogens with one attached hydrogen (secondary N) is 1. The lowest BCUT2D eigenvalue weighted by atomic mass is 9.82. The minimum absolute atomic E-state index is 0.0126. The van der Waals surface area contributed by atoms with Gasteiger partial charge >= 0.3 is 0 Å². The molecule has 2 fully saturated rings. The Hall–Kier alpha value is -3.39. The quantitative estimate of drug-likeness (QED) is 0.605. The number of hydrogen-bond acceptors (Lipinski definition) is 5. The van der Waals surface area contributed by atoms with Crippen molar-refractivity contribution in [2.24, 2.45) is 11.7 Å². The highest BCUT2D eigenvalue weighted by Gasteiger charge is 2.38. The Morgan fingerprint density at radius 2 is 1.56 bits per heavy atom. The van der Waals surface area contributed by atoms with Crippen molar-refractivity contribution in [3.63, 3.8) is 0 Å². The van der Waals surface area contributed by atoms with Gasteiger partial charge in [0.25, 0.3) is 5.91 Å². The molecule has 0 aromatic heterocycles. The van der Waals surface area contributed by atoms with Crippen molar-refractivity contribution in [2.45, 2.75) is 37.8 Å². The molecule has 1 saturated heterocycles. The molecule has 3 atom stereocenters. The summed E-state index contributed by atoms with van der Waals surface area (Å²) < 4.78 is 0. The standard InChI is InChI=1S/C26H32N4O4/c27-24(32)23(18-8-2-1-3-9-18)28-25(33)19-10-4-6-12-21(19)29-14-16-30(17-15-29)26(34)20-11-5-7-13-22(20)31/h1-3,5,7-9,11,13,19,21,23,31H,4,6,10,12,14-17H2,(H2,27,32)(H,28,33)/t19-,21-,23+/m1/s1. The Morgan fingerprint density at radius 1 is 0.912 bits per heavy atom. The fourth-order valence-corrected chi connectivity index (χ4v) is 5.15. The van der Waals surface area contributed by atoms with Gasteiger partial charge in [0.05, 0.1) is 11.5 Å². The van der Waals surface area contributed by atoms with E-state index in [4.69, 9.17) is 5.73 Å². The zero-order valence-corrected chi connectivity index (χ0v) is 19.2. The van der Waals surface area contributed by atoms with Crippen LogP contribution in [0.4, 0.5) is 0 Å². The van der Waals surface area contributed by atoms with E-state index in [1.165, 1.54) is 6.07 Å². The first-order valence-corrected chi connectivity index (χ1v) is 11.9. The minimum atomic E-state index is -0.857. The van der Waals surface area contributed by atoms with Gasteiger partial charge in [-0.1, -0.05) is 55.3 Å². The number of para-hydroxylation sites is 1. The van der Waals surface area contributed by atoms with Crippen molar-refractivity contribution in [1.82, 2.24) is 15.1 Å². The van der Waals surface area contributed by atoms with E-state index in [0.29, 0.717) is 37.3 Å². The van der Waals surface area contributed by atoms with Gasteiger partial charge in [-0.2, -0.15) is 0 Å². The number of phenolic OH excluding ortho intramolecular Hbond substituents is 1. The van der Waals surface area contributed by atoms with E-state index in [1.807, 2.05) is 18.2 Å². The van der Waals surface area contributed by atoms with Gasteiger partial charge in [0.1, 0.15) is 11.8 Å². The van der Waals surface area contributed by atoms with E-state index in [-0.39, 0.29) is 29.5 Å². The maximum absolute atomic E-state index is 13.3. The zero-order chi connectivity index (χ0) is 24.1. The first-order chi connectivity index (χ1) is 16.5. The van der Waals surface area contributed by atoms with Crippen molar-refractivity contribution in [1.29, 1.82) is 0 Å². The summed E-state index contributed by atoms with van der Waals surface area (Å²) >= 11 is 0. The molecule has 1 saturated carbocycles. The van der Waals surface area contributed by atoms with Crippen molar-refractivity contribution >= 4 is 17.7 Å². The van der Waals surface area contributed by atoms with Crippen LogP contribution in [0, 0.1) is 5.92 Å². The third kappa shape index (κ3) is 5.22. The molecule has 34 heavy (non-hydrogen) atoms. The number of hydrogen-bond donors (Lipinski definition) is 3. The number of amides is 3. The molecule has 2 aromatic rings. The van der Waals surface area contributed by atoms with Crippen LogP contribution in [0.1, 0.15) is 47.6 Å². The molecular weight excluding hydrogens is 432 g/mol. The second kappa shape index (κ2) is 10.7. The molecule has 180 valence electrons. The fourth-order valence-electron chi connectivity index (χ4n) is 5.15. The molecule has 4 N–H and O–H groups in total. The maximum atomic E-state index is 13.3. The van der Waals surface area contributed by atoms with Crippen LogP contribution in [0.2, 0.25) is 0 Å². The van der Waals surface area contributed by atoms with E-state index in [2.05, 4.69) is 10.2 Å². The number of rotatable bonds is 6. The first-order valence-electron chi connectivity index (χ1n) is 11.9. The number of benzene rings is 2. The van der Waals surface area contributed by atoms with Crippen LogP contribution in [-0.4, -0.2) is 64.8 Å². The van der Waals surface area contributed by atoms with Crippen molar-refractivity contribution in [3.05, 3.63) is 65.7 Å². The van der Waals surface area contributed by atoms with Crippen molar-refractivity contribution < 1.29 is 19.5 Å². The van der Waals surface area contributed by atoms with Crippen molar-refractivity contribution in [3.8, 4) is 5.75 Å². The lowest BCUT2D eigenvalue weighted by molar-refractivity contribution is -0.133. The molecule has 8 heteroatoms. The summed E-state index contributed by atoms with van der Waals surface area (Å²) in [5.41, 5.74) is 6.59. The highest BCUT2D eigenvalue weighted by atomic mass is 16.3. The van der Waals surface area contributed by atoms with E-state index < -0.39 is 11.9 Å². The molecule has 1 aliphatic heterocycles. The average molecular weight is 465 g/mol. The lowest BCUT2D eigenvalue weighted by Gasteiger charge is -2.44. The third-order valence-electron chi connectivity index (χ3n) is 6.98. The van der Waals surface area contributed by atoms with Crippen LogP contribution in [-0.2, 0) is 9.59 Å². The molecule has 0 radical (unpaired) electrons. The molecule has 4 rings (SSSR count). The molecule has 2 aliphatic rings. The fraction of sp³-hybridized carbons (Fsp3) is 0.423. The summed E-state index contributed by atoms with van der Waals surface area (Å²) in [4.78, 5) is 42.3. The Bertz CT molecular complexity index is 1020. The number of aromatic hydroxyl groups is 1. The predicted octanol–water partition coefficient (Wildman–Crippen LogP) is 2.05. The minimum Gasteiger partial charge on any atom is -0.507 e. The van der Waals surface area contributed by atoms with E-state index >= 15 is 0 Å². The summed E-state index contributed by atoms with van der Waals surface area (Å²) in [6.07, 6.45) is 3.67. The number of nitrogens with zero attached hydrogens (tertiary/aromatic N) is 2. The van der Waals surface area contributed by atoms with Gasteiger partial charge in [-0.3, -0.25) is 19.3 Å². The Balaban J connectivity index is 1.40. The predicted molar refractivity (Wildman–Crippen MR) is 128 cm³/mol. The number of carbonyl (C=O) groups excluding carboxylic acids is 3. The van der Waals surface area contributed by atoms with Gasteiger partial charge in [0, 0.05) is 32.2 Å². The molecule has 2 aromatic carbocycles. The number of carbonyl (C=O) groups is 3. The average Bonchev–Trinajstić information content (AvgIpc) is 2.87. The topological polar surface area (TPSA) is 116 Å². The highest BCUT2D eigenvalue weighted by molar-refractivity contribution is 5.96. The van der Waals surface area contributed by atoms with Gasteiger partial charge in [-0.05, 0) is 30.5 Å². The van der Waals surface area contributed by atoms with Crippen LogP contribution in [0.5, 0.6) is 5.75 Å². The number of piperazine rings is 1. The SMILES string of the molecule is NC(=O)[C@@H](NC(=O)[C@@H]1CCCC[C@H]1N1CCN(C(=O)c2ccccc2O)CC1)c1ccccc1. The lowest BCUT2D eigenvalue weighted by Crippen LogP contribution is -2.56. The largest absolute Gasteiger partial charge is 0.507 e. The molecule has 0 spiro atoms. The number of primary amides is 1. The zero-order valence-electron chi connectivity index (χ0n) is 19.2. The maximum Gasteiger partial charge on any atom is 0.257 e. The summed E-state index contributed by atoms with van der Waals surface area (Å²) in [6, 6.07) is 14.8. The van der Waals surface area contributed by atoms with Gasteiger partial charge in [0.15, 0.2) is 0 Å². The molecule has 3 amide bonds. The normalized spacial score (nSPS) is 22.1. The molecule has 0 unspecified atom stereocenters. The molecular formula is C26H32N4O4. The van der Waals surface area contributed by atoms with Gasteiger partial charge < -0.3 is 21.1 Å². The van der Waals surface area contributed by atoms with Gasteiger partial charge in [0.2, 0.25) is 11.8 Å². The third-order valence-corrected chi connectivity index (χ3v) is 6.98. The van der Waals surface area contributed by atoms with Gasteiger partial charge in [-0.15, -0.1) is 0 Å². The van der Waals surface area contributed by atoms with E-state index in [9.17, 15) is 19.5 Å². The second-order valence-corrected chi connectivity index (χ2v) is 9.06. The molecule has 1 aliphatic carbocycles. The highest BCUT2D eigenvalue weighted by Crippen LogP contribution is 2.31. The Kier molecular flexibility index (Phi) is 7.47. The Morgan fingerprint density at radius 3 is 2.24 bits per heavy atom. The summed E-state index contributed by atoms with van der Waals surface area (Å²) in [5.74, 6) is -1.16. The van der Waals surface area contributed by atoms with E-state index in [0.717, 1.165) is 25.7 Å². The summed E-state index contributed by atoms with van der Waals surface area (Å²) in [5, 5.41) is 12.9. The Labute approximate surface area is 199 Å². The van der Waals surface area contributed by atoms with Gasteiger partial charge in [-0.25, -0.2) is 0 Å². The number of nitrogens with two attached hydrogens (primary N) is 1. The van der Waals surface area contributed by atoms with Crippen LogP contribution in [0.15, 0.2) is 54.6 Å². The first kappa shape index (κ1) is 23.8. The van der Waals surface area contributed by atoms with Crippen molar-refractivity contribution in [2.75, 3.05) is 26.2 Å². The van der Waals surface area contributed by atoms with Crippen LogP contribution in [0.3, 0.4) is 0 Å². The molecule has 8 nitrogen and oxygen atoms in total. The number of phenols is 1. The van der Waals surface area contributed by atoms with E-state index in [1.54, 1.807) is 35.2 Å². The molecule has 1 heterocycles. The second-order valence-electron chi connectivity index (χ2n) is 9.06. The molecule has 0 bridgehead atoms.